The molecule has 10 N–H and O–H groups in total. The highest BCUT2D eigenvalue weighted by atomic mass is 17.2. The fourth-order valence-corrected chi connectivity index (χ4v) is 19.7. The van der Waals surface area contributed by atoms with Gasteiger partial charge in [0, 0.05) is 83.2 Å². The van der Waals surface area contributed by atoms with Crippen molar-refractivity contribution < 1.29 is 59.5 Å². The number of allylic oxidation sites excluding steroid dienone is 3. The Morgan fingerprint density at radius 1 is 0.898 bits per heavy atom. The lowest BCUT2D eigenvalue weighted by molar-refractivity contribution is -0.399. The number of aliphatic hydroxyl groups excluding tert-OH is 4. The summed E-state index contributed by atoms with van der Waals surface area (Å²) in [5.41, 5.74) is -0.0268. The molecule has 2 saturated heterocycles. The van der Waals surface area contributed by atoms with Gasteiger partial charge in [0.25, 0.3) is 0 Å². The second-order valence-corrected chi connectivity index (χ2v) is 28.3. The third kappa shape index (κ3) is 8.05. The van der Waals surface area contributed by atoms with Gasteiger partial charge >= 0.3 is 0 Å². The van der Waals surface area contributed by atoms with Gasteiger partial charge in [-0.15, -0.1) is 0 Å². The Balaban J connectivity index is 0.970. The second kappa shape index (κ2) is 20.2. The number of rotatable bonds is 9. The van der Waals surface area contributed by atoms with E-state index >= 15 is 4.79 Å². The number of nitrogens with zero attached hydrogens (tertiary/aromatic N) is 1. The van der Waals surface area contributed by atoms with Crippen molar-refractivity contribution in [3.05, 3.63) is 141 Å². The van der Waals surface area contributed by atoms with Gasteiger partial charge in [-0.2, -0.15) is 0 Å². The first-order valence-electron chi connectivity index (χ1n) is 32.4. The number of benzene rings is 3. The monoisotopic (exact) mass is 1200 g/mol. The summed E-state index contributed by atoms with van der Waals surface area (Å²) in [5, 5.41) is 91.4. The van der Waals surface area contributed by atoms with Crippen LogP contribution in [0.1, 0.15) is 119 Å². The van der Waals surface area contributed by atoms with E-state index in [4.69, 9.17) is 18.9 Å². The normalized spacial score (nSPS) is 35.9. The molecule has 4 spiro atoms. The van der Waals surface area contributed by atoms with Crippen molar-refractivity contribution in [1.82, 2.24) is 20.2 Å². The van der Waals surface area contributed by atoms with Crippen molar-refractivity contribution in [2.24, 2.45) is 46.3 Å². The maximum atomic E-state index is 15.2. The molecule has 4 fully saturated rings. The molecule has 1 amide bonds. The van der Waals surface area contributed by atoms with Crippen molar-refractivity contribution in [2.45, 2.75) is 170 Å². The van der Waals surface area contributed by atoms with E-state index in [-0.39, 0.29) is 58.5 Å². The van der Waals surface area contributed by atoms with Crippen LogP contribution >= 0.6 is 0 Å². The number of nitrogens with one attached hydrogen (secondary N) is 3. The number of piperidine rings is 1. The van der Waals surface area contributed by atoms with Crippen LogP contribution < -0.4 is 20.8 Å². The minimum absolute atomic E-state index is 0.0909. The molecule has 17 heteroatoms. The summed E-state index contributed by atoms with van der Waals surface area (Å²) >= 11 is 0. The summed E-state index contributed by atoms with van der Waals surface area (Å²) in [6.45, 7) is 5.72. The molecule has 9 aliphatic heterocycles. The Labute approximate surface area is 509 Å². The first-order chi connectivity index (χ1) is 42.4. The standard InChI is InChI=1S/C71H80N4O13/c1-4-37-24-39-17-22-69(74-52(39)25-37)42-8-14-59(70(84,65(82)62(81)57(80)34-76)31-40-7-12-55(78)44-10-9-43(77)29-46(40)44)87-88-60-27-41-26-48-56(79)23-36(3)85-64(48)61-63(41)86-71(60)49(28-42)45(11-13-58(69)71)50-32-72-66(83)68(50)19-6-18-67(35-68)20-15-38(16-21-67)51-30-47-53(73-51)33-75(61)54(47)5-2/h7-15,20,23,26,28-30,33,37-39,45,49-50,52,57-60,62,65,73-74,76-78,80-82,84H,4-6,16-19,21-22,24-25,27,31-32,34-35H2,1-3H3,(H,72,83). The lowest BCUT2D eigenvalue weighted by atomic mass is 9.46. The van der Waals surface area contributed by atoms with Gasteiger partial charge in [-0.05, 0) is 159 Å². The number of aromatic hydroxyl groups is 2. The van der Waals surface area contributed by atoms with Gasteiger partial charge in [-0.1, -0.05) is 69.2 Å². The molecule has 17 nitrogen and oxygen atoms in total. The smallest absolute Gasteiger partial charge is 0.226 e. The maximum Gasteiger partial charge on any atom is 0.226 e. The molecule has 0 radical (unpaired) electrons. The Morgan fingerprint density at radius 2 is 1.76 bits per heavy atom. The molecule has 3 aromatic carbocycles. The van der Waals surface area contributed by atoms with Crippen molar-refractivity contribution >= 4 is 38.6 Å². The van der Waals surface area contributed by atoms with E-state index in [9.17, 15) is 40.5 Å². The lowest BCUT2D eigenvalue weighted by Crippen LogP contribution is -2.76. The summed E-state index contributed by atoms with van der Waals surface area (Å²) in [5.74, 6) is 0.488. The van der Waals surface area contributed by atoms with Crippen molar-refractivity contribution in [1.29, 1.82) is 0 Å². The molecule has 6 aromatic rings. The van der Waals surface area contributed by atoms with Gasteiger partial charge in [-0.3, -0.25) is 9.59 Å². The number of aliphatic hydroxyl groups is 5. The van der Waals surface area contributed by atoms with Crippen LogP contribution in [0.3, 0.4) is 0 Å². The van der Waals surface area contributed by atoms with Crippen molar-refractivity contribution in [2.75, 3.05) is 13.2 Å². The van der Waals surface area contributed by atoms with Crippen LogP contribution in [0, 0.1) is 53.3 Å². The van der Waals surface area contributed by atoms with Crippen LogP contribution in [0.15, 0.2) is 112 Å². The van der Waals surface area contributed by atoms with E-state index in [0.29, 0.717) is 87.7 Å². The molecule has 18 unspecified atom stereocenters. The van der Waals surface area contributed by atoms with Gasteiger partial charge in [-0.25, -0.2) is 9.78 Å². The van der Waals surface area contributed by atoms with Crippen LogP contribution in [0.4, 0.5) is 0 Å². The van der Waals surface area contributed by atoms with E-state index < -0.39 is 77.5 Å². The van der Waals surface area contributed by atoms with Gasteiger partial charge in [0.1, 0.15) is 59.1 Å². The van der Waals surface area contributed by atoms with Crippen LogP contribution in [-0.4, -0.2) is 118 Å². The summed E-state index contributed by atoms with van der Waals surface area (Å²) in [7, 11) is 0. The summed E-state index contributed by atoms with van der Waals surface area (Å²) < 4.78 is 17.4. The molecule has 462 valence electrons. The highest BCUT2D eigenvalue weighted by Crippen LogP contribution is 2.66. The quantitative estimate of drug-likeness (QED) is 0.0481. The van der Waals surface area contributed by atoms with Gasteiger partial charge in [0.15, 0.2) is 22.4 Å². The number of phenols is 2. The minimum Gasteiger partial charge on any atom is -0.508 e. The molecule has 5 aliphatic carbocycles. The number of carbonyl (C=O) groups excluding carboxylic acids is 1. The summed E-state index contributed by atoms with van der Waals surface area (Å²) in [6.07, 6.45) is 19.0. The average Bonchev–Trinajstić information content (AvgIpc) is 0.860. The number of aryl methyl sites for hydroxylation is 2. The number of hydrogen-bond acceptors (Lipinski definition) is 14. The van der Waals surface area contributed by atoms with E-state index in [1.54, 1.807) is 25.1 Å². The van der Waals surface area contributed by atoms with Crippen LogP contribution in [0.2, 0.25) is 0 Å². The Bertz CT molecular complexity index is 4060. The zero-order valence-corrected chi connectivity index (χ0v) is 50.1. The Kier molecular flexibility index (Phi) is 13.0. The third-order valence-electron chi connectivity index (χ3n) is 24.0. The van der Waals surface area contributed by atoms with Crippen LogP contribution in [0.5, 0.6) is 17.2 Å². The number of carbonyl (C=O) groups is 1. The van der Waals surface area contributed by atoms with E-state index in [1.165, 1.54) is 24.3 Å². The summed E-state index contributed by atoms with van der Waals surface area (Å²) in [4.78, 5) is 47.9. The maximum absolute atomic E-state index is 15.2. The van der Waals surface area contributed by atoms with E-state index in [2.05, 4.69) is 76.7 Å². The van der Waals surface area contributed by atoms with Crippen LogP contribution in [0.25, 0.3) is 38.3 Å². The average molecular weight is 1200 g/mol. The molecule has 18 atom stereocenters. The first-order valence-corrected chi connectivity index (χ1v) is 32.4. The predicted molar refractivity (Wildman–Crippen MR) is 329 cm³/mol. The SMILES string of the molecule is CCc1c2cc3[nH]c2cn1-c1c2c(cc4c(=O)cc(C)oc14)CC1OOC(C(O)(Cc4ccc(O)c5ccc(O)cc45)C(O)C(O)C(O)CO)C=CC4=CC5C(C=CC(C46CCC4CC(CC)CC4N6)C15O2)C1CNC(=O)C12CCCC1(C=CC3CC1)C2. The number of amides is 1. The zero-order chi connectivity index (χ0) is 60.6. The highest BCUT2D eigenvalue weighted by molar-refractivity contribution is 5.94. The largest absolute Gasteiger partial charge is 0.508 e. The number of H-pyrrole nitrogens is 1. The molecule has 3 aromatic heterocycles. The highest BCUT2D eigenvalue weighted by Gasteiger charge is 2.71. The molecule has 2 saturated carbocycles. The number of phenolic OH excluding ortho intramolecular Hbond substituents is 2. The molecule has 88 heavy (non-hydrogen) atoms. The number of hydrogen-bond donors (Lipinski definition) is 10. The van der Waals surface area contributed by atoms with Crippen LogP contribution in [-0.2, 0) is 33.8 Å². The summed E-state index contributed by atoms with van der Waals surface area (Å²) in [6, 6.07) is 13.2. The molecular weight excluding hydrogens is 1120 g/mol. The Morgan fingerprint density at radius 3 is 2.57 bits per heavy atom. The topological polar surface area (TPSA) is 261 Å². The molecule has 20 rings (SSSR count). The number of fused-ring (bicyclic) bond motifs is 6. The van der Waals surface area contributed by atoms with E-state index in [0.717, 1.165) is 85.7 Å². The fraction of sp³-hybridized carbons (Fsp3) is 0.521. The fourth-order valence-electron chi connectivity index (χ4n) is 19.7. The Hall–Kier alpha value is -6.54. The molecule has 13 bridgehead atoms. The van der Waals surface area contributed by atoms with Crippen molar-refractivity contribution in [3.8, 4) is 22.9 Å². The number of aromatic amines is 1. The van der Waals surface area contributed by atoms with E-state index in [1.807, 2.05) is 12.1 Å². The second-order valence-electron chi connectivity index (χ2n) is 28.3. The number of aromatic nitrogens is 2. The zero-order valence-electron chi connectivity index (χ0n) is 50.1. The first kappa shape index (κ1) is 56.7. The molecule has 14 aliphatic rings. The molecular formula is C71H80N4O13. The van der Waals surface area contributed by atoms with Gasteiger partial charge in [0.2, 0.25) is 5.91 Å². The molecule has 12 heterocycles. The predicted octanol–water partition coefficient (Wildman–Crippen LogP) is 8.50. The van der Waals surface area contributed by atoms with Gasteiger partial charge < -0.3 is 65.1 Å². The lowest BCUT2D eigenvalue weighted by Gasteiger charge is -2.65. The minimum atomic E-state index is -2.60. The number of ether oxygens (including phenoxy) is 1. The third-order valence-corrected chi connectivity index (χ3v) is 24.0. The van der Waals surface area contributed by atoms with Crippen molar-refractivity contribution in [3.63, 3.8) is 0 Å². The van der Waals surface area contributed by atoms with Gasteiger partial charge in [0.05, 0.1) is 28.5 Å².